The van der Waals surface area contributed by atoms with Crippen molar-refractivity contribution in [1.29, 1.82) is 0 Å². The Morgan fingerprint density at radius 3 is 2.81 bits per heavy atom. The summed E-state index contributed by atoms with van der Waals surface area (Å²) in [5.74, 6) is 0.265. The van der Waals surface area contributed by atoms with Crippen LogP contribution in [0, 0.1) is 0 Å². The highest BCUT2D eigenvalue weighted by atomic mass is 32.2. The third-order valence-corrected chi connectivity index (χ3v) is 4.78. The monoisotopic (exact) mass is 311 g/mol. The summed E-state index contributed by atoms with van der Waals surface area (Å²) in [6, 6.07) is 0. The molecule has 0 bridgehead atoms. The van der Waals surface area contributed by atoms with Crippen LogP contribution in [-0.2, 0) is 4.74 Å². The second-order valence-corrected chi connectivity index (χ2v) is 6.21. The molecule has 0 amide bonds. The molecule has 4 N–H and O–H groups in total. The second kappa shape index (κ2) is 5.41. The molecule has 9 heteroatoms. The summed E-state index contributed by atoms with van der Waals surface area (Å²) in [5, 5.41) is 20.5. The Hall–Kier alpha value is -1.42. The Morgan fingerprint density at radius 1 is 1.33 bits per heavy atom. The van der Waals surface area contributed by atoms with E-state index < -0.39 is 24.5 Å². The predicted octanol–water partition coefficient (Wildman–Crippen LogP) is -0.221. The number of aliphatic hydroxyl groups is 2. The third kappa shape index (κ3) is 2.26. The van der Waals surface area contributed by atoms with Crippen molar-refractivity contribution in [3.05, 3.63) is 12.7 Å². The molecule has 1 unspecified atom stereocenters. The Morgan fingerprint density at radius 2 is 2.10 bits per heavy atom. The Bertz CT molecular complexity index is 651. The quantitative estimate of drug-likeness (QED) is 0.711. The van der Waals surface area contributed by atoms with Gasteiger partial charge in [0, 0.05) is 5.25 Å². The molecule has 0 aliphatic carbocycles. The summed E-state index contributed by atoms with van der Waals surface area (Å²) < 4.78 is 7.41. The van der Waals surface area contributed by atoms with E-state index in [4.69, 9.17) is 10.5 Å². The molecule has 2 aromatic rings. The molecule has 3 rings (SSSR count). The number of aromatic nitrogens is 4. The van der Waals surface area contributed by atoms with Gasteiger partial charge in [-0.3, -0.25) is 4.57 Å². The highest BCUT2D eigenvalue weighted by molar-refractivity contribution is 7.99. The lowest BCUT2D eigenvalue weighted by molar-refractivity contribution is -0.0339. The standard InChI is InChI=1S/C12H17N5O3S/c1-5(21-2)9-7(18)8(19)12(20-9)17-4-16-6-10(13)14-3-15-11(6)17/h3-5,7-9,12,18-19H,1-2H3,(H2,13,14,15)/t5?,7-,8+,9+,12+/m0/s1. The van der Waals surface area contributed by atoms with Crippen molar-refractivity contribution in [2.24, 2.45) is 0 Å². The van der Waals surface area contributed by atoms with Gasteiger partial charge >= 0.3 is 0 Å². The number of imidazole rings is 1. The number of hydrogen-bond acceptors (Lipinski definition) is 8. The molecule has 0 saturated carbocycles. The van der Waals surface area contributed by atoms with Crippen LogP contribution in [0.3, 0.4) is 0 Å². The molecule has 1 saturated heterocycles. The molecule has 0 radical (unpaired) electrons. The van der Waals surface area contributed by atoms with Gasteiger partial charge in [0.05, 0.1) is 6.33 Å². The number of rotatable bonds is 3. The van der Waals surface area contributed by atoms with E-state index in [0.29, 0.717) is 11.2 Å². The number of thioether (sulfide) groups is 1. The minimum atomic E-state index is -1.06. The first-order chi connectivity index (χ1) is 10.0. The van der Waals surface area contributed by atoms with Crippen molar-refractivity contribution in [1.82, 2.24) is 19.5 Å². The van der Waals surface area contributed by atoms with E-state index in [1.807, 2.05) is 13.2 Å². The fourth-order valence-corrected chi connectivity index (χ4v) is 2.99. The van der Waals surface area contributed by atoms with Crippen molar-refractivity contribution in [2.45, 2.75) is 36.7 Å². The Labute approximate surface area is 125 Å². The van der Waals surface area contributed by atoms with Gasteiger partial charge in [-0.05, 0) is 6.26 Å². The molecule has 2 aromatic heterocycles. The molecule has 0 aromatic carbocycles. The SMILES string of the molecule is CSC(C)[C@H]1O[C@@H](n2cnc3c(N)ncnc32)[C@H](O)[C@@H]1O. The van der Waals surface area contributed by atoms with Crippen LogP contribution >= 0.6 is 11.8 Å². The largest absolute Gasteiger partial charge is 0.387 e. The number of nitrogens with zero attached hydrogens (tertiary/aromatic N) is 4. The minimum absolute atomic E-state index is 0.0501. The first-order valence-corrected chi connectivity index (χ1v) is 7.80. The summed E-state index contributed by atoms with van der Waals surface area (Å²) in [7, 11) is 0. The predicted molar refractivity (Wildman–Crippen MR) is 78.6 cm³/mol. The number of hydrogen-bond donors (Lipinski definition) is 3. The van der Waals surface area contributed by atoms with Crippen molar-refractivity contribution >= 4 is 28.7 Å². The normalized spacial score (nSPS) is 30.9. The van der Waals surface area contributed by atoms with Crippen LogP contribution in [0.5, 0.6) is 0 Å². The lowest BCUT2D eigenvalue weighted by Gasteiger charge is -2.20. The average molecular weight is 311 g/mol. The number of nitrogen functional groups attached to an aromatic ring is 1. The van der Waals surface area contributed by atoms with Gasteiger partial charge in [-0.25, -0.2) is 15.0 Å². The maximum absolute atomic E-state index is 10.3. The molecule has 0 spiro atoms. The molecule has 8 nitrogen and oxygen atoms in total. The number of fused-ring (bicyclic) bond motifs is 1. The number of nitrogens with two attached hydrogens (primary N) is 1. The average Bonchev–Trinajstić information content (AvgIpc) is 3.02. The Balaban J connectivity index is 1.98. The highest BCUT2D eigenvalue weighted by Gasteiger charge is 2.46. The van der Waals surface area contributed by atoms with Crippen molar-refractivity contribution < 1.29 is 14.9 Å². The summed E-state index contributed by atoms with van der Waals surface area (Å²) in [6.07, 6.45) is 1.52. The van der Waals surface area contributed by atoms with Gasteiger partial charge in [0.25, 0.3) is 0 Å². The fourth-order valence-electron chi connectivity index (χ4n) is 2.49. The summed E-state index contributed by atoms with van der Waals surface area (Å²) in [5.41, 5.74) is 6.66. The van der Waals surface area contributed by atoms with Crippen LogP contribution in [-0.4, -0.2) is 59.5 Å². The number of anilines is 1. The van der Waals surface area contributed by atoms with Crippen molar-refractivity contribution in [2.75, 3.05) is 12.0 Å². The van der Waals surface area contributed by atoms with E-state index in [0.717, 1.165) is 0 Å². The van der Waals surface area contributed by atoms with Crippen molar-refractivity contribution in [3.63, 3.8) is 0 Å². The van der Waals surface area contributed by atoms with Gasteiger partial charge in [0.15, 0.2) is 17.7 Å². The maximum Gasteiger partial charge on any atom is 0.167 e. The van der Waals surface area contributed by atoms with Crippen molar-refractivity contribution in [3.8, 4) is 0 Å². The van der Waals surface area contributed by atoms with Crippen LogP contribution < -0.4 is 5.73 Å². The third-order valence-electron chi connectivity index (χ3n) is 3.77. The van der Waals surface area contributed by atoms with Crippen LogP contribution in [0.2, 0.25) is 0 Å². The van der Waals surface area contributed by atoms with Crippen LogP contribution in [0.15, 0.2) is 12.7 Å². The first-order valence-electron chi connectivity index (χ1n) is 6.52. The molecule has 1 fully saturated rings. The number of ether oxygens (including phenoxy) is 1. The second-order valence-electron chi connectivity index (χ2n) is 5.00. The smallest absolute Gasteiger partial charge is 0.167 e. The molecule has 5 atom stereocenters. The van der Waals surface area contributed by atoms with Crippen LogP contribution in [0.25, 0.3) is 11.2 Å². The number of aliphatic hydroxyl groups excluding tert-OH is 2. The molecular formula is C12H17N5O3S. The molecule has 1 aliphatic rings. The van der Waals surface area contributed by atoms with Gasteiger partial charge in [-0.2, -0.15) is 11.8 Å². The van der Waals surface area contributed by atoms with Gasteiger partial charge in [0.2, 0.25) is 0 Å². The van der Waals surface area contributed by atoms with E-state index >= 15 is 0 Å². The summed E-state index contributed by atoms with van der Waals surface area (Å²) >= 11 is 1.57. The summed E-state index contributed by atoms with van der Waals surface area (Å²) in [6.45, 7) is 1.94. The lowest BCUT2D eigenvalue weighted by atomic mass is 10.1. The van der Waals surface area contributed by atoms with Crippen LogP contribution in [0.1, 0.15) is 13.2 Å². The summed E-state index contributed by atoms with van der Waals surface area (Å²) in [4.78, 5) is 12.1. The maximum atomic E-state index is 10.3. The molecule has 1 aliphatic heterocycles. The molecule has 3 heterocycles. The van der Waals surface area contributed by atoms with E-state index in [1.165, 1.54) is 12.7 Å². The highest BCUT2D eigenvalue weighted by Crippen LogP contribution is 2.35. The van der Waals surface area contributed by atoms with E-state index in [9.17, 15) is 10.2 Å². The van der Waals surface area contributed by atoms with Gasteiger partial charge in [-0.15, -0.1) is 0 Å². The fraction of sp³-hybridized carbons (Fsp3) is 0.583. The topological polar surface area (TPSA) is 119 Å². The lowest BCUT2D eigenvalue weighted by Crippen LogP contribution is -2.35. The minimum Gasteiger partial charge on any atom is -0.387 e. The van der Waals surface area contributed by atoms with Crippen LogP contribution in [0.4, 0.5) is 5.82 Å². The van der Waals surface area contributed by atoms with E-state index in [2.05, 4.69) is 15.0 Å². The van der Waals surface area contributed by atoms with Gasteiger partial charge < -0.3 is 20.7 Å². The molecule has 21 heavy (non-hydrogen) atoms. The van der Waals surface area contributed by atoms with E-state index in [-0.39, 0.29) is 11.1 Å². The van der Waals surface area contributed by atoms with E-state index in [1.54, 1.807) is 16.3 Å². The zero-order valence-corrected chi connectivity index (χ0v) is 12.4. The van der Waals surface area contributed by atoms with Gasteiger partial charge in [0.1, 0.15) is 30.2 Å². The Kier molecular flexibility index (Phi) is 3.74. The zero-order valence-electron chi connectivity index (χ0n) is 11.6. The zero-order chi connectivity index (χ0) is 15.1. The molecular weight excluding hydrogens is 294 g/mol. The molecule has 114 valence electrons. The first kappa shape index (κ1) is 14.5. The van der Waals surface area contributed by atoms with Gasteiger partial charge in [-0.1, -0.05) is 6.92 Å².